The predicted octanol–water partition coefficient (Wildman–Crippen LogP) is 2.95. The Hall–Kier alpha value is -1.55. The first kappa shape index (κ1) is 14.9. The molecular formula is C16H23NO3. The predicted molar refractivity (Wildman–Crippen MR) is 77.3 cm³/mol. The number of benzene rings is 1. The van der Waals surface area contributed by atoms with Gasteiger partial charge < -0.3 is 14.7 Å². The van der Waals surface area contributed by atoms with Gasteiger partial charge >= 0.3 is 6.09 Å². The van der Waals surface area contributed by atoms with Crippen molar-refractivity contribution in [2.75, 3.05) is 6.54 Å². The Morgan fingerprint density at radius 3 is 2.90 bits per heavy atom. The topological polar surface area (TPSA) is 49.8 Å². The van der Waals surface area contributed by atoms with Gasteiger partial charge in [0.2, 0.25) is 0 Å². The average molecular weight is 277 g/mol. The maximum Gasteiger partial charge on any atom is 0.410 e. The first-order valence-electron chi connectivity index (χ1n) is 7.32. The molecule has 0 aromatic heterocycles. The van der Waals surface area contributed by atoms with Crippen molar-refractivity contribution in [2.45, 2.75) is 51.4 Å². The van der Waals surface area contributed by atoms with E-state index in [9.17, 15) is 9.90 Å². The molecule has 1 aliphatic rings. The van der Waals surface area contributed by atoms with Crippen molar-refractivity contribution >= 4 is 6.09 Å². The smallest absolute Gasteiger partial charge is 0.410 e. The van der Waals surface area contributed by atoms with Gasteiger partial charge in [-0.25, -0.2) is 4.79 Å². The summed E-state index contributed by atoms with van der Waals surface area (Å²) < 4.78 is 5.37. The Morgan fingerprint density at radius 2 is 2.20 bits per heavy atom. The van der Waals surface area contributed by atoms with E-state index < -0.39 is 0 Å². The van der Waals surface area contributed by atoms with Crippen molar-refractivity contribution in [3.8, 4) is 0 Å². The van der Waals surface area contributed by atoms with Crippen LogP contribution in [0.15, 0.2) is 30.3 Å². The molecule has 1 saturated heterocycles. The lowest BCUT2D eigenvalue weighted by Gasteiger charge is -2.24. The van der Waals surface area contributed by atoms with E-state index >= 15 is 0 Å². The fraction of sp³-hybridized carbons (Fsp3) is 0.562. The van der Waals surface area contributed by atoms with E-state index in [1.54, 1.807) is 6.92 Å². The molecule has 0 radical (unpaired) electrons. The summed E-state index contributed by atoms with van der Waals surface area (Å²) in [5.74, 6) is 0. The number of aliphatic hydroxyl groups is 1. The molecule has 0 aliphatic carbocycles. The van der Waals surface area contributed by atoms with Crippen LogP contribution in [0.2, 0.25) is 0 Å². The molecule has 1 N–H and O–H groups in total. The summed E-state index contributed by atoms with van der Waals surface area (Å²) in [7, 11) is 0. The molecule has 0 spiro atoms. The number of rotatable bonds is 5. The van der Waals surface area contributed by atoms with Crippen LogP contribution >= 0.6 is 0 Å². The summed E-state index contributed by atoms with van der Waals surface area (Å²) >= 11 is 0. The van der Waals surface area contributed by atoms with Crippen molar-refractivity contribution in [1.82, 2.24) is 4.90 Å². The lowest BCUT2D eigenvalue weighted by atomic mass is 10.1. The van der Waals surface area contributed by atoms with Crippen LogP contribution in [0.4, 0.5) is 4.79 Å². The van der Waals surface area contributed by atoms with Crippen molar-refractivity contribution in [1.29, 1.82) is 0 Å². The van der Waals surface area contributed by atoms with E-state index in [0.717, 1.165) is 37.8 Å². The quantitative estimate of drug-likeness (QED) is 0.900. The molecule has 1 aromatic rings. The van der Waals surface area contributed by atoms with E-state index in [-0.39, 0.29) is 18.2 Å². The van der Waals surface area contributed by atoms with Crippen LogP contribution in [0.25, 0.3) is 0 Å². The lowest BCUT2D eigenvalue weighted by Crippen LogP contribution is -2.36. The third-order valence-corrected chi connectivity index (χ3v) is 3.73. The van der Waals surface area contributed by atoms with Gasteiger partial charge in [0.15, 0.2) is 0 Å². The normalized spacial score (nSPS) is 19.9. The van der Waals surface area contributed by atoms with Gasteiger partial charge in [-0.15, -0.1) is 0 Å². The molecule has 2 rings (SSSR count). The molecule has 20 heavy (non-hydrogen) atoms. The number of hydrogen-bond acceptors (Lipinski definition) is 3. The minimum atomic E-state index is -0.308. The minimum Gasteiger partial charge on any atom is -0.445 e. The molecule has 110 valence electrons. The molecule has 4 nitrogen and oxygen atoms in total. The molecule has 1 fully saturated rings. The monoisotopic (exact) mass is 277 g/mol. The fourth-order valence-electron chi connectivity index (χ4n) is 2.61. The van der Waals surface area contributed by atoms with Crippen LogP contribution in [0.5, 0.6) is 0 Å². The fourth-order valence-corrected chi connectivity index (χ4v) is 2.61. The summed E-state index contributed by atoms with van der Waals surface area (Å²) in [5.41, 5.74) is 1.00. The Bertz CT molecular complexity index is 419. The van der Waals surface area contributed by atoms with Gasteiger partial charge in [-0.3, -0.25) is 0 Å². The van der Waals surface area contributed by atoms with Crippen molar-refractivity contribution in [3.05, 3.63) is 35.9 Å². The molecule has 1 aliphatic heterocycles. The van der Waals surface area contributed by atoms with Gasteiger partial charge in [0.05, 0.1) is 6.10 Å². The van der Waals surface area contributed by atoms with Crippen LogP contribution in [0, 0.1) is 0 Å². The van der Waals surface area contributed by atoms with Gasteiger partial charge in [0, 0.05) is 12.6 Å². The molecule has 2 unspecified atom stereocenters. The highest BCUT2D eigenvalue weighted by Crippen LogP contribution is 2.23. The number of nitrogens with zero attached hydrogens (tertiary/aromatic N) is 1. The Balaban J connectivity index is 1.81. The molecule has 0 bridgehead atoms. The number of amides is 1. The second-order valence-electron chi connectivity index (χ2n) is 5.46. The van der Waals surface area contributed by atoms with E-state index in [1.165, 1.54) is 0 Å². The summed E-state index contributed by atoms with van der Waals surface area (Å²) in [5, 5.41) is 9.35. The van der Waals surface area contributed by atoms with Crippen LogP contribution in [-0.4, -0.2) is 34.8 Å². The molecule has 1 heterocycles. The number of ether oxygens (including phenoxy) is 1. The molecule has 1 amide bonds. The molecular weight excluding hydrogens is 254 g/mol. The van der Waals surface area contributed by atoms with Crippen molar-refractivity contribution < 1.29 is 14.6 Å². The second-order valence-corrected chi connectivity index (χ2v) is 5.46. The molecule has 4 heteroatoms. The highest BCUT2D eigenvalue weighted by molar-refractivity contribution is 5.68. The summed E-state index contributed by atoms with van der Waals surface area (Å²) in [4.78, 5) is 13.9. The Kier molecular flexibility index (Phi) is 5.41. The number of carbonyl (C=O) groups is 1. The first-order valence-corrected chi connectivity index (χ1v) is 7.32. The van der Waals surface area contributed by atoms with Gasteiger partial charge in [-0.05, 0) is 38.2 Å². The Labute approximate surface area is 120 Å². The molecule has 0 saturated carbocycles. The van der Waals surface area contributed by atoms with Crippen LogP contribution in [0.3, 0.4) is 0 Å². The van der Waals surface area contributed by atoms with Gasteiger partial charge in [0.25, 0.3) is 0 Å². The summed E-state index contributed by atoms with van der Waals surface area (Å²) in [6, 6.07) is 9.92. The number of hydrogen-bond donors (Lipinski definition) is 1. The van der Waals surface area contributed by atoms with Crippen molar-refractivity contribution in [2.24, 2.45) is 0 Å². The molecule has 1 aromatic carbocycles. The molecule has 2 atom stereocenters. The van der Waals surface area contributed by atoms with Crippen molar-refractivity contribution in [3.63, 3.8) is 0 Å². The largest absolute Gasteiger partial charge is 0.445 e. The zero-order valence-electron chi connectivity index (χ0n) is 12.0. The van der Waals surface area contributed by atoms with Gasteiger partial charge in [-0.1, -0.05) is 30.3 Å². The summed E-state index contributed by atoms with van der Waals surface area (Å²) in [6.45, 7) is 2.87. The number of likely N-dealkylation sites (tertiary alicyclic amines) is 1. The van der Waals surface area contributed by atoms with E-state index in [0.29, 0.717) is 6.61 Å². The van der Waals surface area contributed by atoms with Gasteiger partial charge in [0.1, 0.15) is 6.61 Å². The summed E-state index contributed by atoms with van der Waals surface area (Å²) in [6.07, 6.45) is 3.06. The highest BCUT2D eigenvalue weighted by Gasteiger charge is 2.29. The third kappa shape index (κ3) is 4.23. The van der Waals surface area contributed by atoms with E-state index in [2.05, 4.69) is 0 Å². The SMILES string of the molecule is CC(O)CCC1CCCN1C(=O)OCc1ccccc1. The number of carbonyl (C=O) groups excluding carboxylic acids is 1. The van der Waals surface area contributed by atoms with Gasteiger partial charge in [-0.2, -0.15) is 0 Å². The zero-order chi connectivity index (χ0) is 14.4. The number of aliphatic hydroxyl groups excluding tert-OH is 1. The average Bonchev–Trinajstić information content (AvgIpc) is 2.92. The minimum absolute atomic E-state index is 0.216. The van der Waals surface area contributed by atoms with Crippen LogP contribution in [0.1, 0.15) is 38.2 Å². The third-order valence-electron chi connectivity index (χ3n) is 3.73. The second kappa shape index (κ2) is 7.29. The van der Waals surface area contributed by atoms with E-state index in [4.69, 9.17) is 4.74 Å². The maximum atomic E-state index is 12.1. The zero-order valence-corrected chi connectivity index (χ0v) is 12.0. The maximum absolute atomic E-state index is 12.1. The Morgan fingerprint density at radius 1 is 1.45 bits per heavy atom. The van der Waals surface area contributed by atoms with E-state index in [1.807, 2.05) is 35.2 Å². The van der Waals surface area contributed by atoms with Crippen LogP contribution in [-0.2, 0) is 11.3 Å². The lowest BCUT2D eigenvalue weighted by molar-refractivity contribution is 0.0868. The first-order chi connectivity index (χ1) is 9.66. The van der Waals surface area contributed by atoms with Crippen LogP contribution < -0.4 is 0 Å². The standard InChI is InChI=1S/C16H23NO3/c1-13(18)9-10-15-8-5-11-17(15)16(19)20-12-14-6-3-2-4-7-14/h2-4,6-7,13,15,18H,5,8-12H2,1H3. The highest BCUT2D eigenvalue weighted by atomic mass is 16.6.